The average Bonchev–Trinajstić information content (AvgIpc) is 2.17. The Kier molecular flexibility index (Phi) is 4.94. The summed E-state index contributed by atoms with van der Waals surface area (Å²) in [5.74, 6) is 0.559. The molecule has 0 bridgehead atoms. The van der Waals surface area contributed by atoms with E-state index in [1.54, 1.807) is 0 Å². The second kappa shape index (κ2) is 6.02. The summed E-state index contributed by atoms with van der Waals surface area (Å²) in [6.45, 7) is 4.92. The van der Waals surface area contributed by atoms with Gasteiger partial charge in [-0.05, 0) is 25.7 Å². The van der Waals surface area contributed by atoms with E-state index in [0.29, 0.717) is 25.1 Å². The Bertz CT molecular complexity index is 182. The molecule has 3 heteroatoms. The van der Waals surface area contributed by atoms with Gasteiger partial charge in [0.05, 0.1) is 13.2 Å². The van der Waals surface area contributed by atoms with Gasteiger partial charge in [-0.1, -0.05) is 19.8 Å². The van der Waals surface area contributed by atoms with Gasteiger partial charge >= 0.3 is 5.97 Å². The number of rotatable bonds is 4. The average molecular weight is 199 g/mol. The molecule has 3 nitrogen and oxygen atoms in total. The maximum absolute atomic E-state index is 11.1. The Morgan fingerprint density at radius 3 is 2.79 bits per heavy atom. The van der Waals surface area contributed by atoms with Crippen molar-refractivity contribution in [2.24, 2.45) is 5.92 Å². The first-order valence-corrected chi connectivity index (χ1v) is 5.63. The van der Waals surface area contributed by atoms with Crippen molar-refractivity contribution in [3.63, 3.8) is 0 Å². The molecule has 0 unspecified atom stereocenters. The van der Waals surface area contributed by atoms with Crippen molar-refractivity contribution in [1.29, 1.82) is 0 Å². The number of hydrogen-bond donors (Lipinski definition) is 1. The van der Waals surface area contributed by atoms with Crippen molar-refractivity contribution < 1.29 is 9.53 Å². The van der Waals surface area contributed by atoms with Crippen LogP contribution in [-0.4, -0.2) is 25.2 Å². The van der Waals surface area contributed by atoms with Gasteiger partial charge in [-0.3, -0.25) is 4.79 Å². The van der Waals surface area contributed by atoms with Gasteiger partial charge in [-0.2, -0.15) is 0 Å². The molecule has 0 amide bonds. The van der Waals surface area contributed by atoms with Crippen LogP contribution in [0.2, 0.25) is 0 Å². The minimum atomic E-state index is -0.134. The highest BCUT2D eigenvalue weighted by Gasteiger charge is 2.21. The van der Waals surface area contributed by atoms with Crippen LogP contribution >= 0.6 is 0 Å². The maximum Gasteiger partial charge on any atom is 0.319 e. The van der Waals surface area contributed by atoms with Gasteiger partial charge in [0.2, 0.25) is 0 Å². The molecule has 1 saturated carbocycles. The summed E-state index contributed by atoms with van der Waals surface area (Å²) in [6, 6.07) is 0.508. The first-order valence-electron chi connectivity index (χ1n) is 5.63. The van der Waals surface area contributed by atoms with Crippen LogP contribution in [0.25, 0.3) is 0 Å². The molecule has 82 valence electrons. The zero-order valence-corrected chi connectivity index (χ0v) is 9.21. The van der Waals surface area contributed by atoms with Crippen molar-refractivity contribution in [2.75, 3.05) is 13.2 Å². The van der Waals surface area contributed by atoms with E-state index in [1.807, 2.05) is 6.92 Å². The molecule has 1 fully saturated rings. The summed E-state index contributed by atoms with van der Waals surface area (Å²) < 4.78 is 4.87. The second-order valence-corrected chi connectivity index (χ2v) is 4.05. The fourth-order valence-electron chi connectivity index (χ4n) is 2.05. The predicted octanol–water partition coefficient (Wildman–Crippen LogP) is 1.72. The lowest BCUT2D eigenvalue weighted by Crippen LogP contribution is -2.40. The standard InChI is InChI=1S/C11H21NO2/c1-3-14-11(13)8-12-10-7-5-4-6-9(10)2/h9-10,12H,3-8H2,1-2H3/t9-,10+/m1/s1. The molecule has 1 aliphatic carbocycles. The molecule has 14 heavy (non-hydrogen) atoms. The van der Waals surface area contributed by atoms with Gasteiger partial charge in [0.15, 0.2) is 0 Å². The summed E-state index contributed by atoms with van der Waals surface area (Å²) in [5, 5.41) is 3.28. The van der Waals surface area contributed by atoms with Gasteiger partial charge in [0, 0.05) is 6.04 Å². The SMILES string of the molecule is CCOC(=O)CN[C@H]1CCCC[C@H]1C. The lowest BCUT2D eigenvalue weighted by atomic mass is 9.86. The summed E-state index contributed by atoms with van der Waals surface area (Å²) in [5.41, 5.74) is 0. The van der Waals surface area contributed by atoms with Crippen molar-refractivity contribution in [1.82, 2.24) is 5.32 Å². The van der Waals surface area contributed by atoms with Gasteiger partial charge in [-0.15, -0.1) is 0 Å². The zero-order valence-electron chi connectivity index (χ0n) is 9.21. The van der Waals surface area contributed by atoms with E-state index in [2.05, 4.69) is 12.2 Å². The van der Waals surface area contributed by atoms with E-state index in [4.69, 9.17) is 4.74 Å². The number of nitrogens with one attached hydrogen (secondary N) is 1. The minimum Gasteiger partial charge on any atom is -0.465 e. The van der Waals surface area contributed by atoms with Gasteiger partial charge < -0.3 is 10.1 Å². The van der Waals surface area contributed by atoms with Crippen LogP contribution in [0.15, 0.2) is 0 Å². The summed E-state index contributed by atoms with van der Waals surface area (Å²) in [4.78, 5) is 11.1. The third kappa shape index (κ3) is 3.66. The number of hydrogen-bond acceptors (Lipinski definition) is 3. The summed E-state index contributed by atoms with van der Waals surface area (Å²) in [7, 11) is 0. The zero-order chi connectivity index (χ0) is 10.4. The Hall–Kier alpha value is -0.570. The minimum absolute atomic E-state index is 0.134. The molecule has 1 aliphatic rings. The second-order valence-electron chi connectivity index (χ2n) is 4.05. The van der Waals surface area contributed by atoms with Gasteiger partial charge in [0.1, 0.15) is 0 Å². The van der Waals surface area contributed by atoms with Gasteiger partial charge in [-0.25, -0.2) is 0 Å². The van der Waals surface area contributed by atoms with E-state index in [1.165, 1.54) is 25.7 Å². The third-order valence-corrected chi connectivity index (χ3v) is 2.93. The molecule has 0 aromatic rings. The smallest absolute Gasteiger partial charge is 0.319 e. The quantitative estimate of drug-likeness (QED) is 0.701. The van der Waals surface area contributed by atoms with Crippen molar-refractivity contribution >= 4 is 5.97 Å². The lowest BCUT2D eigenvalue weighted by molar-refractivity contribution is -0.142. The highest BCUT2D eigenvalue weighted by atomic mass is 16.5. The molecule has 0 radical (unpaired) electrons. The number of ether oxygens (including phenoxy) is 1. The lowest BCUT2D eigenvalue weighted by Gasteiger charge is -2.29. The fourth-order valence-corrected chi connectivity index (χ4v) is 2.05. The van der Waals surface area contributed by atoms with E-state index < -0.39 is 0 Å². The Labute approximate surface area is 86.2 Å². The normalized spacial score (nSPS) is 27.3. The Morgan fingerprint density at radius 1 is 1.43 bits per heavy atom. The van der Waals surface area contributed by atoms with Crippen LogP contribution in [-0.2, 0) is 9.53 Å². The molecule has 0 aliphatic heterocycles. The summed E-state index contributed by atoms with van der Waals surface area (Å²) >= 11 is 0. The van der Waals surface area contributed by atoms with Crippen LogP contribution in [0.4, 0.5) is 0 Å². The third-order valence-electron chi connectivity index (χ3n) is 2.93. The van der Waals surface area contributed by atoms with Crippen molar-refractivity contribution in [2.45, 2.75) is 45.6 Å². The molecular weight excluding hydrogens is 178 g/mol. The number of esters is 1. The molecular formula is C11H21NO2. The molecule has 0 aromatic carbocycles. The van der Waals surface area contributed by atoms with E-state index >= 15 is 0 Å². The van der Waals surface area contributed by atoms with E-state index in [-0.39, 0.29) is 5.97 Å². The molecule has 1 rings (SSSR count). The largest absolute Gasteiger partial charge is 0.465 e. The van der Waals surface area contributed by atoms with Crippen LogP contribution in [0.3, 0.4) is 0 Å². The molecule has 0 saturated heterocycles. The summed E-state index contributed by atoms with van der Waals surface area (Å²) in [6.07, 6.45) is 5.09. The molecule has 0 heterocycles. The predicted molar refractivity (Wildman–Crippen MR) is 56.1 cm³/mol. The monoisotopic (exact) mass is 199 g/mol. The van der Waals surface area contributed by atoms with E-state index in [9.17, 15) is 4.79 Å². The molecule has 2 atom stereocenters. The number of carbonyl (C=O) groups is 1. The highest BCUT2D eigenvalue weighted by molar-refractivity contribution is 5.71. The molecule has 0 spiro atoms. The maximum atomic E-state index is 11.1. The van der Waals surface area contributed by atoms with Crippen LogP contribution in [0, 0.1) is 5.92 Å². The Balaban J connectivity index is 2.19. The molecule has 1 N–H and O–H groups in total. The fraction of sp³-hybridized carbons (Fsp3) is 0.909. The molecule has 0 aromatic heterocycles. The van der Waals surface area contributed by atoms with Crippen LogP contribution in [0.1, 0.15) is 39.5 Å². The van der Waals surface area contributed by atoms with Crippen molar-refractivity contribution in [3.8, 4) is 0 Å². The topological polar surface area (TPSA) is 38.3 Å². The van der Waals surface area contributed by atoms with Crippen LogP contribution < -0.4 is 5.32 Å². The highest BCUT2D eigenvalue weighted by Crippen LogP contribution is 2.23. The Morgan fingerprint density at radius 2 is 2.14 bits per heavy atom. The first-order chi connectivity index (χ1) is 6.74. The van der Waals surface area contributed by atoms with Gasteiger partial charge in [0.25, 0.3) is 0 Å². The van der Waals surface area contributed by atoms with E-state index in [0.717, 1.165) is 0 Å². The first kappa shape index (κ1) is 11.5. The number of carbonyl (C=O) groups excluding carboxylic acids is 1. The van der Waals surface area contributed by atoms with Crippen molar-refractivity contribution in [3.05, 3.63) is 0 Å². The van der Waals surface area contributed by atoms with Crippen LogP contribution in [0.5, 0.6) is 0 Å².